The number of likely N-dealkylation sites (N-methyl/N-ethyl adjacent to an activating group) is 1. The summed E-state index contributed by atoms with van der Waals surface area (Å²) in [6.07, 6.45) is 1.69. The highest BCUT2D eigenvalue weighted by Crippen LogP contribution is 2.26. The molecule has 6 heteroatoms. The number of aryl methyl sites for hydroxylation is 2. The van der Waals surface area contributed by atoms with E-state index in [1.165, 1.54) is 4.68 Å². The fraction of sp³-hybridized carbons (Fsp3) is 0.278. The van der Waals surface area contributed by atoms with Gasteiger partial charge in [0.05, 0.1) is 17.3 Å². The monoisotopic (exact) mass is 324 g/mol. The van der Waals surface area contributed by atoms with Gasteiger partial charge in [-0.15, -0.1) is 0 Å². The van der Waals surface area contributed by atoms with Gasteiger partial charge >= 0.3 is 0 Å². The second kappa shape index (κ2) is 5.96. The number of benzene rings is 1. The zero-order valence-corrected chi connectivity index (χ0v) is 14.2. The Kier molecular flexibility index (Phi) is 3.97. The quantitative estimate of drug-likeness (QED) is 0.802. The Bertz CT molecular complexity index is 970. The second-order valence-corrected chi connectivity index (χ2v) is 5.82. The zero-order valence-electron chi connectivity index (χ0n) is 14.2. The van der Waals surface area contributed by atoms with Crippen molar-refractivity contribution in [2.45, 2.75) is 26.8 Å². The van der Waals surface area contributed by atoms with Crippen LogP contribution in [0.2, 0.25) is 0 Å². The lowest BCUT2D eigenvalue weighted by Crippen LogP contribution is -2.29. The van der Waals surface area contributed by atoms with Crippen LogP contribution in [-0.4, -0.2) is 27.3 Å². The summed E-state index contributed by atoms with van der Waals surface area (Å²) in [6, 6.07) is 8.91. The van der Waals surface area contributed by atoms with Gasteiger partial charge < -0.3 is 9.88 Å². The molecule has 1 N–H and O–H groups in total. The number of hydrogen-bond acceptors (Lipinski definition) is 3. The SMILES string of the molecule is CNC(=O)[C@H](C)n1c(C)c2cnn(-c3ccccc3)c(=O)c2c1C. The number of amides is 1. The Labute approximate surface area is 139 Å². The van der Waals surface area contributed by atoms with Crippen LogP contribution in [0.5, 0.6) is 0 Å². The maximum Gasteiger partial charge on any atom is 0.281 e. The molecular formula is C18H20N4O2. The summed E-state index contributed by atoms with van der Waals surface area (Å²) in [6.45, 7) is 5.59. The lowest BCUT2D eigenvalue weighted by Gasteiger charge is -2.16. The lowest BCUT2D eigenvalue weighted by atomic mass is 10.2. The Hall–Kier alpha value is -2.89. The van der Waals surface area contributed by atoms with Crippen molar-refractivity contribution in [3.63, 3.8) is 0 Å². The van der Waals surface area contributed by atoms with E-state index in [0.717, 1.165) is 16.8 Å². The van der Waals surface area contributed by atoms with E-state index in [1.54, 1.807) is 13.2 Å². The first kappa shape index (κ1) is 16.0. The molecule has 1 amide bonds. The van der Waals surface area contributed by atoms with Crippen LogP contribution in [0.15, 0.2) is 41.3 Å². The van der Waals surface area contributed by atoms with E-state index in [1.807, 2.05) is 55.7 Å². The van der Waals surface area contributed by atoms with Gasteiger partial charge in [-0.3, -0.25) is 9.59 Å². The summed E-state index contributed by atoms with van der Waals surface area (Å²) >= 11 is 0. The predicted octanol–water partition coefficient (Wildman–Crippen LogP) is 2.11. The molecule has 6 nitrogen and oxygen atoms in total. The first-order valence-electron chi connectivity index (χ1n) is 7.83. The number of fused-ring (bicyclic) bond motifs is 1. The predicted molar refractivity (Wildman–Crippen MR) is 93.6 cm³/mol. The molecule has 2 heterocycles. The largest absolute Gasteiger partial charge is 0.357 e. The van der Waals surface area contributed by atoms with Crippen molar-refractivity contribution in [2.24, 2.45) is 0 Å². The summed E-state index contributed by atoms with van der Waals surface area (Å²) in [5, 5.41) is 8.34. The third-order valence-corrected chi connectivity index (χ3v) is 4.47. The van der Waals surface area contributed by atoms with E-state index in [-0.39, 0.29) is 11.5 Å². The molecular weight excluding hydrogens is 304 g/mol. The Balaban J connectivity index is 2.29. The fourth-order valence-electron chi connectivity index (χ4n) is 3.24. The summed E-state index contributed by atoms with van der Waals surface area (Å²) in [5.41, 5.74) is 2.18. The van der Waals surface area contributed by atoms with E-state index >= 15 is 0 Å². The molecule has 124 valence electrons. The molecule has 0 aliphatic carbocycles. The number of carbonyl (C=O) groups excluding carboxylic acids is 1. The minimum atomic E-state index is -0.396. The highest BCUT2D eigenvalue weighted by atomic mass is 16.2. The van der Waals surface area contributed by atoms with Gasteiger partial charge in [-0.25, -0.2) is 0 Å². The lowest BCUT2D eigenvalue weighted by molar-refractivity contribution is -0.123. The Morgan fingerprint density at radius 1 is 1.17 bits per heavy atom. The number of aromatic nitrogens is 3. The number of rotatable bonds is 3. The smallest absolute Gasteiger partial charge is 0.281 e. The van der Waals surface area contributed by atoms with Crippen molar-refractivity contribution in [3.8, 4) is 5.69 Å². The standard InChI is InChI=1S/C18H20N4O2/c1-11-15-10-20-22(14-8-6-5-7-9-14)18(24)16(15)12(2)21(11)13(3)17(23)19-4/h5-10,13H,1-4H3,(H,19,23)/t13-/m0/s1. The molecule has 0 fully saturated rings. The highest BCUT2D eigenvalue weighted by molar-refractivity contribution is 5.89. The summed E-state index contributed by atoms with van der Waals surface area (Å²) in [4.78, 5) is 25.0. The van der Waals surface area contributed by atoms with E-state index in [9.17, 15) is 9.59 Å². The van der Waals surface area contributed by atoms with Crippen LogP contribution in [0.1, 0.15) is 24.4 Å². The number of para-hydroxylation sites is 1. The normalized spacial score (nSPS) is 12.3. The molecule has 0 aliphatic rings. The number of nitrogens with zero attached hydrogens (tertiary/aromatic N) is 3. The minimum absolute atomic E-state index is 0.0992. The highest BCUT2D eigenvalue weighted by Gasteiger charge is 2.22. The Morgan fingerprint density at radius 3 is 2.46 bits per heavy atom. The van der Waals surface area contributed by atoms with Crippen molar-refractivity contribution < 1.29 is 4.79 Å². The van der Waals surface area contributed by atoms with Crippen LogP contribution in [0.25, 0.3) is 16.5 Å². The van der Waals surface area contributed by atoms with Gasteiger partial charge in [0.2, 0.25) is 5.91 Å². The summed E-state index contributed by atoms with van der Waals surface area (Å²) in [7, 11) is 1.61. The van der Waals surface area contributed by atoms with E-state index < -0.39 is 6.04 Å². The minimum Gasteiger partial charge on any atom is -0.357 e. The third-order valence-electron chi connectivity index (χ3n) is 4.47. The van der Waals surface area contributed by atoms with Crippen LogP contribution in [0, 0.1) is 13.8 Å². The van der Waals surface area contributed by atoms with Crippen LogP contribution < -0.4 is 10.9 Å². The molecule has 24 heavy (non-hydrogen) atoms. The average Bonchev–Trinajstić information content (AvgIpc) is 2.86. The van der Waals surface area contributed by atoms with Crippen molar-refractivity contribution >= 4 is 16.7 Å². The van der Waals surface area contributed by atoms with Crippen molar-refractivity contribution in [1.82, 2.24) is 19.7 Å². The van der Waals surface area contributed by atoms with Crippen molar-refractivity contribution in [3.05, 3.63) is 58.3 Å². The molecule has 0 bridgehead atoms. The summed E-state index contributed by atoms with van der Waals surface area (Å²) < 4.78 is 3.28. The molecule has 3 aromatic rings. The molecule has 3 rings (SSSR count). The first-order valence-corrected chi connectivity index (χ1v) is 7.83. The molecule has 0 spiro atoms. The molecule has 2 aromatic heterocycles. The maximum atomic E-state index is 13.0. The summed E-state index contributed by atoms with van der Waals surface area (Å²) in [5.74, 6) is -0.0992. The molecule has 0 saturated heterocycles. The Morgan fingerprint density at radius 2 is 1.83 bits per heavy atom. The van der Waals surface area contributed by atoms with Gasteiger partial charge in [0.1, 0.15) is 6.04 Å². The first-order chi connectivity index (χ1) is 11.5. The van der Waals surface area contributed by atoms with Gasteiger partial charge in [-0.2, -0.15) is 9.78 Å². The van der Waals surface area contributed by atoms with Crippen molar-refractivity contribution in [2.75, 3.05) is 7.05 Å². The molecule has 1 atom stereocenters. The van der Waals surface area contributed by atoms with Gasteiger partial charge in [-0.05, 0) is 32.9 Å². The van der Waals surface area contributed by atoms with Crippen LogP contribution in [-0.2, 0) is 4.79 Å². The molecule has 0 saturated carbocycles. The van der Waals surface area contributed by atoms with Gasteiger partial charge in [0, 0.05) is 23.8 Å². The second-order valence-electron chi connectivity index (χ2n) is 5.82. The fourth-order valence-corrected chi connectivity index (χ4v) is 3.24. The maximum absolute atomic E-state index is 13.0. The topological polar surface area (TPSA) is 68.9 Å². The number of carbonyl (C=O) groups is 1. The molecule has 1 aromatic carbocycles. The number of hydrogen-bond donors (Lipinski definition) is 1. The number of nitrogens with one attached hydrogen (secondary N) is 1. The van der Waals surface area contributed by atoms with Crippen LogP contribution in [0.3, 0.4) is 0 Å². The molecule has 0 unspecified atom stereocenters. The van der Waals surface area contributed by atoms with Crippen molar-refractivity contribution in [1.29, 1.82) is 0 Å². The average molecular weight is 324 g/mol. The zero-order chi connectivity index (χ0) is 17.4. The van der Waals surface area contributed by atoms with Gasteiger partial charge in [0.15, 0.2) is 0 Å². The van der Waals surface area contributed by atoms with E-state index in [4.69, 9.17) is 0 Å². The molecule has 0 radical (unpaired) electrons. The molecule has 0 aliphatic heterocycles. The van der Waals surface area contributed by atoms with E-state index in [0.29, 0.717) is 11.1 Å². The van der Waals surface area contributed by atoms with E-state index in [2.05, 4.69) is 10.4 Å². The van der Waals surface area contributed by atoms with Gasteiger partial charge in [0.25, 0.3) is 5.56 Å². The van der Waals surface area contributed by atoms with Crippen LogP contribution in [0.4, 0.5) is 0 Å². The van der Waals surface area contributed by atoms with Crippen LogP contribution >= 0.6 is 0 Å². The van der Waals surface area contributed by atoms with Gasteiger partial charge in [-0.1, -0.05) is 18.2 Å². The third kappa shape index (κ3) is 2.31.